The lowest BCUT2D eigenvalue weighted by atomic mass is 10.1. The summed E-state index contributed by atoms with van der Waals surface area (Å²) in [7, 11) is 0. The molecular formula is C19H24N2O2. The Bertz CT molecular complexity index is 632. The summed E-state index contributed by atoms with van der Waals surface area (Å²) >= 11 is 0. The molecule has 1 fully saturated rings. The molecule has 1 aliphatic carbocycles. The highest BCUT2D eigenvalue weighted by Crippen LogP contribution is 2.34. The molecule has 0 bridgehead atoms. The maximum atomic E-state index is 12.5. The third-order valence-corrected chi connectivity index (χ3v) is 4.49. The van der Waals surface area contributed by atoms with Gasteiger partial charge in [0, 0.05) is 25.4 Å². The summed E-state index contributed by atoms with van der Waals surface area (Å²) < 4.78 is 2.01. The molecule has 1 saturated carbocycles. The highest BCUT2D eigenvalue weighted by atomic mass is 16.3. The van der Waals surface area contributed by atoms with Crippen molar-refractivity contribution in [2.45, 2.75) is 38.3 Å². The van der Waals surface area contributed by atoms with Crippen molar-refractivity contribution in [3.63, 3.8) is 0 Å². The van der Waals surface area contributed by atoms with Crippen LogP contribution >= 0.6 is 0 Å². The second-order valence-corrected chi connectivity index (χ2v) is 6.25. The summed E-state index contributed by atoms with van der Waals surface area (Å²) in [5.41, 5.74) is 1.97. The number of amides is 1. The number of aliphatic hydroxyl groups excluding tert-OH is 1. The predicted octanol–water partition coefficient (Wildman–Crippen LogP) is 2.62. The Labute approximate surface area is 137 Å². The van der Waals surface area contributed by atoms with E-state index in [-0.39, 0.29) is 18.6 Å². The number of aliphatic hydroxyl groups is 1. The minimum Gasteiger partial charge on any atom is -0.396 e. The Balaban J connectivity index is 1.61. The Morgan fingerprint density at radius 2 is 2.00 bits per heavy atom. The molecule has 0 spiro atoms. The van der Waals surface area contributed by atoms with Gasteiger partial charge in [0.15, 0.2) is 0 Å². The van der Waals surface area contributed by atoms with Crippen LogP contribution in [-0.4, -0.2) is 28.2 Å². The van der Waals surface area contributed by atoms with Crippen molar-refractivity contribution in [2.75, 3.05) is 6.61 Å². The molecule has 0 radical (unpaired) electrons. The molecule has 3 rings (SSSR count). The van der Waals surface area contributed by atoms with Crippen LogP contribution in [0.15, 0.2) is 48.7 Å². The Kier molecular flexibility index (Phi) is 5.13. The normalized spacial score (nSPS) is 15.3. The van der Waals surface area contributed by atoms with Gasteiger partial charge >= 0.3 is 0 Å². The maximum absolute atomic E-state index is 12.5. The molecule has 2 N–H and O–H groups in total. The van der Waals surface area contributed by atoms with Crippen LogP contribution in [0.4, 0.5) is 0 Å². The Hall–Kier alpha value is -2.07. The van der Waals surface area contributed by atoms with E-state index in [0.717, 1.165) is 25.8 Å². The van der Waals surface area contributed by atoms with Gasteiger partial charge in [0.25, 0.3) is 5.91 Å². The van der Waals surface area contributed by atoms with Crippen molar-refractivity contribution in [3.05, 3.63) is 59.9 Å². The minimum absolute atomic E-state index is 0.0339. The van der Waals surface area contributed by atoms with E-state index in [1.54, 1.807) is 0 Å². The van der Waals surface area contributed by atoms with Gasteiger partial charge in [-0.05, 0) is 49.3 Å². The van der Waals surface area contributed by atoms with Crippen LogP contribution in [-0.2, 0) is 13.0 Å². The number of nitrogens with zero attached hydrogens (tertiary/aromatic N) is 1. The quantitative estimate of drug-likeness (QED) is 0.787. The highest BCUT2D eigenvalue weighted by molar-refractivity contribution is 5.93. The van der Waals surface area contributed by atoms with Crippen LogP contribution in [0, 0.1) is 5.92 Å². The fraction of sp³-hybridized carbons (Fsp3) is 0.421. The van der Waals surface area contributed by atoms with E-state index in [1.807, 2.05) is 41.1 Å². The van der Waals surface area contributed by atoms with Crippen LogP contribution in [0.1, 0.15) is 35.3 Å². The number of hydrogen-bond donors (Lipinski definition) is 2. The molecule has 1 amide bonds. The number of carbonyl (C=O) groups is 1. The van der Waals surface area contributed by atoms with Crippen LogP contribution in [0.3, 0.4) is 0 Å². The van der Waals surface area contributed by atoms with Gasteiger partial charge in [0.1, 0.15) is 5.69 Å². The second-order valence-electron chi connectivity index (χ2n) is 6.25. The molecule has 1 unspecified atom stereocenters. The zero-order chi connectivity index (χ0) is 16.1. The molecule has 23 heavy (non-hydrogen) atoms. The van der Waals surface area contributed by atoms with Gasteiger partial charge in [-0.1, -0.05) is 30.3 Å². The first kappa shape index (κ1) is 15.8. The number of rotatable bonds is 8. The monoisotopic (exact) mass is 312 g/mol. The third kappa shape index (κ3) is 4.23. The van der Waals surface area contributed by atoms with Crippen LogP contribution in [0.2, 0.25) is 0 Å². The summed E-state index contributed by atoms with van der Waals surface area (Å²) in [4.78, 5) is 12.5. The Morgan fingerprint density at radius 3 is 2.70 bits per heavy atom. The number of hydrogen-bond acceptors (Lipinski definition) is 2. The van der Waals surface area contributed by atoms with Crippen molar-refractivity contribution in [1.29, 1.82) is 0 Å². The van der Waals surface area contributed by atoms with Crippen LogP contribution in [0.25, 0.3) is 0 Å². The van der Waals surface area contributed by atoms with Gasteiger partial charge in [-0.2, -0.15) is 0 Å². The molecule has 1 atom stereocenters. The van der Waals surface area contributed by atoms with Gasteiger partial charge in [0.2, 0.25) is 0 Å². The molecule has 1 aromatic heterocycles. The van der Waals surface area contributed by atoms with E-state index in [0.29, 0.717) is 18.0 Å². The summed E-state index contributed by atoms with van der Waals surface area (Å²) in [6.45, 7) is 0.907. The number of carbonyl (C=O) groups excluding carboxylic acids is 1. The largest absolute Gasteiger partial charge is 0.396 e. The van der Waals surface area contributed by atoms with E-state index >= 15 is 0 Å². The van der Waals surface area contributed by atoms with Crippen molar-refractivity contribution in [1.82, 2.24) is 9.88 Å². The van der Waals surface area contributed by atoms with Gasteiger partial charge in [0.05, 0.1) is 0 Å². The molecule has 4 nitrogen and oxygen atoms in total. The third-order valence-electron chi connectivity index (χ3n) is 4.49. The average Bonchev–Trinajstić information content (AvgIpc) is 3.31. The van der Waals surface area contributed by atoms with Crippen molar-refractivity contribution >= 4 is 5.91 Å². The fourth-order valence-electron chi connectivity index (χ4n) is 3.02. The summed E-state index contributed by atoms with van der Waals surface area (Å²) in [5, 5.41) is 12.3. The first-order valence-corrected chi connectivity index (χ1v) is 8.38. The van der Waals surface area contributed by atoms with Crippen LogP contribution < -0.4 is 5.32 Å². The zero-order valence-corrected chi connectivity index (χ0v) is 13.3. The Morgan fingerprint density at radius 1 is 1.22 bits per heavy atom. The predicted molar refractivity (Wildman–Crippen MR) is 90.3 cm³/mol. The van der Waals surface area contributed by atoms with Gasteiger partial charge in [-0.15, -0.1) is 0 Å². The van der Waals surface area contributed by atoms with Gasteiger partial charge in [-0.3, -0.25) is 4.79 Å². The van der Waals surface area contributed by atoms with E-state index in [1.165, 1.54) is 5.56 Å². The molecule has 122 valence electrons. The first-order valence-electron chi connectivity index (χ1n) is 8.38. The van der Waals surface area contributed by atoms with Gasteiger partial charge in [-0.25, -0.2) is 0 Å². The van der Waals surface area contributed by atoms with Gasteiger partial charge < -0.3 is 15.0 Å². The molecule has 1 aromatic carbocycles. The smallest absolute Gasteiger partial charge is 0.268 e. The van der Waals surface area contributed by atoms with Crippen molar-refractivity contribution < 1.29 is 9.90 Å². The summed E-state index contributed by atoms with van der Waals surface area (Å²) in [6, 6.07) is 14.2. The number of aromatic nitrogens is 1. The van der Waals surface area contributed by atoms with E-state index < -0.39 is 0 Å². The summed E-state index contributed by atoms with van der Waals surface area (Å²) in [6.07, 6.45) is 5.80. The lowest BCUT2D eigenvalue weighted by Gasteiger charge is -2.18. The van der Waals surface area contributed by atoms with E-state index in [4.69, 9.17) is 5.11 Å². The number of aryl methyl sites for hydroxylation is 2. The zero-order valence-electron chi connectivity index (χ0n) is 13.3. The van der Waals surface area contributed by atoms with Crippen molar-refractivity contribution in [2.24, 2.45) is 5.92 Å². The van der Waals surface area contributed by atoms with Crippen molar-refractivity contribution in [3.8, 4) is 0 Å². The minimum atomic E-state index is -0.0339. The topological polar surface area (TPSA) is 54.3 Å². The molecule has 2 aromatic rings. The standard InChI is InChI=1S/C19H24N2O2/c22-14-11-17(16-8-9-16)20-19(23)18-7-4-12-21(18)13-10-15-5-2-1-3-6-15/h1-7,12,16-17,22H,8-11,13-14H2,(H,20,23). The molecule has 0 aliphatic heterocycles. The second kappa shape index (κ2) is 7.47. The SMILES string of the molecule is O=C(NC(CCO)C1CC1)c1cccn1CCc1ccccc1. The fourth-order valence-corrected chi connectivity index (χ4v) is 3.02. The van der Waals surface area contributed by atoms with E-state index in [2.05, 4.69) is 17.4 Å². The highest BCUT2D eigenvalue weighted by Gasteiger charge is 2.32. The average molecular weight is 312 g/mol. The molecular weight excluding hydrogens is 288 g/mol. The molecule has 0 saturated heterocycles. The number of benzene rings is 1. The first-order chi connectivity index (χ1) is 11.3. The molecule has 1 heterocycles. The van der Waals surface area contributed by atoms with E-state index in [9.17, 15) is 4.79 Å². The maximum Gasteiger partial charge on any atom is 0.268 e. The van der Waals surface area contributed by atoms with Crippen LogP contribution in [0.5, 0.6) is 0 Å². The summed E-state index contributed by atoms with van der Waals surface area (Å²) in [5.74, 6) is 0.507. The lowest BCUT2D eigenvalue weighted by molar-refractivity contribution is 0.0914. The number of nitrogens with one attached hydrogen (secondary N) is 1. The molecule has 4 heteroatoms. The lowest BCUT2D eigenvalue weighted by Crippen LogP contribution is -2.38. The molecule has 1 aliphatic rings.